The Morgan fingerprint density at radius 1 is 1.00 bits per heavy atom. The van der Waals surface area contributed by atoms with Gasteiger partial charge < -0.3 is 9.47 Å². The van der Waals surface area contributed by atoms with Crippen molar-refractivity contribution in [2.75, 3.05) is 18.6 Å². The summed E-state index contributed by atoms with van der Waals surface area (Å²) in [5.74, 6) is 1.20. The van der Waals surface area contributed by atoms with Gasteiger partial charge in [-0.1, -0.05) is 18.2 Å². The lowest BCUT2D eigenvalue weighted by atomic mass is 10.2. The number of carbonyl (C=O) groups excluding carboxylic acids is 1. The van der Waals surface area contributed by atoms with Gasteiger partial charge in [-0.3, -0.25) is 9.69 Å². The van der Waals surface area contributed by atoms with Crippen molar-refractivity contribution in [1.29, 1.82) is 0 Å². The standard InChI is InChI=1S/C21H19FN2O3/c1-26-18-9-11-19(12-10-18)27-15-21(25)24(20-4-2-3-13-23-20)14-16-5-7-17(22)8-6-16/h2-13H,14-15H2,1H3. The number of aromatic nitrogens is 1. The zero-order chi connectivity index (χ0) is 19.1. The minimum atomic E-state index is -0.322. The van der Waals surface area contributed by atoms with Crippen molar-refractivity contribution in [3.63, 3.8) is 0 Å². The molecule has 6 heteroatoms. The summed E-state index contributed by atoms with van der Waals surface area (Å²) in [5, 5.41) is 0. The van der Waals surface area contributed by atoms with Gasteiger partial charge in [-0.15, -0.1) is 0 Å². The van der Waals surface area contributed by atoms with Gasteiger partial charge in [-0.05, 0) is 54.1 Å². The molecule has 0 saturated carbocycles. The third-order valence-corrected chi connectivity index (χ3v) is 3.90. The molecule has 1 aromatic heterocycles. The van der Waals surface area contributed by atoms with Crippen LogP contribution < -0.4 is 14.4 Å². The number of ether oxygens (including phenoxy) is 2. The van der Waals surface area contributed by atoms with Gasteiger partial charge in [-0.25, -0.2) is 9.37 Å². The largest absolute Gasteiger partial charge is 0.497 e. The number of hydrogen-bond acceptors (Lipinski definition) is 4. The predicted molar refractivity (Wildman–Crippen MR) is 100 cm³/mol. The first-order valence-corrected chi connectivity index (χ1v) is 8.38. The molecule has 1 amide bonds. The molecular weight excluding hydrogens is 347 g/mol. The number of pyridine rings is 1. The Bertz CT molecular complexity index is 868. The molecular formula is C21H19FN2O3. The van der Waals surface area contributed by atoms with Gasteiger partial charge >= 0.3 is 0 Å². The molecule has 0 N–H and O–H groups in total. The normalized spacial score (nSPS) is 10.3. The summed E-state index contributed by atoms with van der Waals surface area (Å²) >= 11 is 0. The van der Waals surface area contributed by atoms with E-state index in [0.29, 0.717) is 17.3 Å². The lowest BCUT2D eigenvalue weighted by Crippen LogP contribution is -2.35. The van der Waals surface area contributed by atoms with Gasteiger partial charge in [-0.2, -0.15) is 0 Å². The van der Waals surface area contributed by atoms with Gasteiger partial charge in [0.25, 0.3) is 5.91 Å². The highest BCUT2D eigenvalue weighted by Gasteiger charge is 2.18. The molecule has 138 valence electrons. The van der Waals surface area contributed by atoms with Gasteiger partial charge in [0.1, 0.15) is 23.1 Å². The van der Waals surface area contributed by atoms with E-state index in [2.05, 4.69) is 4.98 Å². The molecule has 3 aromatic rings. The van der Waals surface area contributed by atoms with Crippen molar-refractivity contribution in [2.24, 2.45) is 0 Å². The summed E-state index contributed by atoms with van der Waals surface area (Å²) in [6, 6.07) is 18.3. The van der Waals surface area contributed by atoms with Crippen molar-refractivity contribution in [3.8, 4) is 11.5 Å². The molecule has 0 aliphatic carbocycles. The third-order valence-electron chi connectivity index (χ3n) is 3.90. The molecule has 0 saturated heterocycles. The molecule has 0 atom stereocenters. The first-order valence-electron chi connectivity index (χ1n) is 8.38. The number of methoxy groups -OCH3 is 1. The Labute approximate surface area is 157 Å². The van der Waals surface area contributed by atoms with Crippen LogP contribution in [0.25, 0.3) is 0 Å². The topological polar surface area (TPSA) is 51.7 Å². The van der Waals surface area contributed by atoms with Crippen LogP contribution in [0, 0.1) is 5.82 Å². The van der Waals surface area contributed by atoms with Crippen molar-refractivity contribution >= 4 is 11.7 Å². The molecule has 0 fully saturated rings. The van der Waals surface area contributed by atoms with E-state index in [-0.39, 0.29) is 24.9 Å². The monoisotopic (exact) mass is 366 g/mol. The van der Waals surface area contributed by atoms with E-state index in [1.807, 2.05) is 0 Å². The maximum absolute atomic E-state index is 13.1. The van der Waals surface area contributed by atoms with Gasteiger partial charge in [0.15, 0.2) is 6.61 Å². The molecule has 3 rings (SSSR count). The molecule has 0 aliphatic rings. The second-order valence-electron chi connectivity index (χ2n) is 5.76. The van der Waals surface area contributed by atoms with Crippen LogP contribution in [-0.2, 0) is 11.3 Å². The molecule has 5 nitrogen and oxygen atoms in total. The predicted octanol–water partition coefficient (Wildman–Crippen LogP) is 3.84. The first-order chi connectivity index (χ1) is 13.2. The third kappa shape index (κ3) is 5.04. The Balaban J connectivity index is 1.72. The van der Waals surface area contributed by atoms with E-state index in [0.717, 1.165) is 5.56 Å². The number of rotatable bonds is 7. The van der Waals surface area contributed by atoms with Crippen LogP contribution in [0.4, 0.5) is 10.2 Å². The molecule has 0 bridgehead atoms. The minimum Gasteiger partial charge on any atom is -0.497 e. The van der Waals surface area contributed by atoms with Crippen LogP contribution in [0.2, 0.25) is 0 Å². The number of benzene rings is 2. The van der Waals surface area contributed by atoms with Crippen LogP contribution in [-0.4, -0.2) is 24.6 Å². The number of halogens is 1. The van der Waals surface area contributed by atoms with Crippen LogP contribution in [0.1, 0.15) is 5.56 Å². The molecule has 27 heavy (non-hydrogen) atoms. The van der Waals surface area contributed by atoms with E-state index in [4.69, 9.17) is 9.47 Å². The lowest BCUT2D eigenvalue weighted by molar-refractivity contribution is -0.120. The molecule has 2 aromatic carbocycles. The second-order valence-corrected chi connectivity index (χ2v) is 5.76. The van der Waals surface area contributed by atoms with Crippen molar-refractivity contribution in [3.05, 3.63) is 84.3 Å². The average molecular weight is 366 g/mol. The molecule has 0 aliphatic heterocycles. The Morgan fingerprint density at radius 3 is 2.33 bits per heavy atom. The number of anilines is 1. The highest BCUT2D eigenvalue weighted by Crippen LogP contribution is 2.18. The molecule has 0 radical (unpaired) electrons. The van der Waals surface area contributed by atoms with Crippen molar-refractivity contribution in [2.45, 2.75) is 6.54 Å². The van der Waals surface area contributed by atoms with Crippen LogP contribution in [0.5, 0.6) is 11.5 Å². The van der Waals surface area contributed by atoms with E-state index < -0.39 is 0 Å². The summed E-state index contributed by atoms with van der Waals surface area (Å²) in [5.41, 5.74) is 0.792. The maximum atomic E-state index is 13.1. The Kier molecular flexibility index (Phi) is 5.99. The van der Waals surface area contributed by atoms with E-state index in [9.17, 15) is 9.18 Å². The molecule has 0 spiro atoms. The number of hydrogen-bond donors (Lipinski definition) is 0. The number of carbonyl (C=O) groups is 1. The average Bonchev–Trinajstić information content (AvgIpc) is 2.72. The minimum absolute atomic E-state index is 0.149. The fourth-order valence-corrected chi connectivity index (χ4v) is 2.48. The SMILES string of the molecule is COc1ccc(OCC(=O)N(Cc2ccc(F)cc2)c2ccccn2)cc1. The van der Waals surface area contributed by atoms with Gasteiger partial charge in [0.2, 0.25) is 0 Å². The highest BCUT2D eigenvalue weighted by atomic mass is 19.1. The van der Waals surface area contributed by atoms with E-state index in [1.54, 1.807) is 67.9 Å². The van der Waals surface area contributed by atoms with Gasteiger partial charge in [0, 0.05) is 6.20 Å². The highest BCUT2D eigenvalue weighted by molar-refractivity contribution is 5.93. The molecule has 0 unspecified atom stereocenters. The maximum Gasteiger partial charge on any atom is 0.266 e. The summed E-state index contributed by atoms with van der Waals surface area (Å²) < 4.78 is 23.8. The molecule has 1 heterocycles. The Hall–Kier alpha value is -3.41. The van der Waals surface area contributed by atoms with Crippen LogP contribution in [0.15, 0.2) is 72.9 Å². The zero-order valence-corrected chi connectivity index (χ0v) is 14.8. The second kappa shape index (κ2) is 8.80. The Morgan fingerprint density at radius 2 is 1.70 bits per heavy atom. The smallest absolute Gasteiger partial charge is 0.266 e. The number of amides is 1. The van der Waals surface area contributed by atoms with Crippen LogP contribution >= 0.6 is 0 Å². The van der Waals surface area contributed by atoms with E-state index >= 15 is 0 Å². The summed E-state index contributed by atoms with van der Waals surface area (Å²) in [6.45, 7) is 0.117. The van der Waals surface area contributed by atoms with Crippen LogP contribution in [0.3, 0.4) is 0 Å². The number of nitrogens with zero attached hydrogens (tertiary/aromatic N) is 2. The summed E-state index contributed by atoms with van der Waals surface area (Å²) in [6.07, 6.45) is 1.62. The van der Waals surface area contributed by atoms with Gasteiger partial charge in [0.05, 0.1) is 13.7 Å². The van der Waals surface area contributed by atoms with Crippen molar-refractivity contribution < 1.29 is 18.7 Å². The van der Waals surface area contributed by atoms with E-state index in [1.165, 1.54) is 17.0 Å². The summed E-state index contributed by atoms with van der Waals surface area (Å²) in [4.78, 5) is 18.5. The van der Waals surface area contributed by atoms with Crippen molar-refractivity contribution in [1.82, 2.24) is 4.98 Å². The summed E-state index contributed by atoms with van der Waals surface area (Å²) in [7, 11) is 1.58. The quantitative estimate of drug-likeness (QED) is 0.637. The fourth-order valence-electron chi connectivity index (χ4n) is 2.48. The zero-order valence-electron chi connectivity index (χ0n) is 14.8. The lowest BCUT2D eigenvalue weighted by Gasteiger charge is -2.22. The fraction of sp³-hybridized carbons (Fsp3) is 0.143. The first kappa shape index (κ1) is 18.4.